The largest absolute Gasteiger partial charge is 0.478 e. The fourth-order valence-corrected chi connectivity index (χ4v) is 3.12. The Morgan fingerprint density at radius 2 is 2.05 bits per heavy atom. The lowest BCUT2D eigenvalue weighted by molar-refractivity contribution is 0.0697. The van der Waals surface area contributed by atoms with Gasteiger partial charge >= 0.3 is 5.97 Å². The molecule has 0 radical (unpaired) electrons. The maximum atomic E-state index is 11.8. The van der Waals surface area contributed by atoms with E-state index in [0.29, 0.717) is 11.3 Å². The van der Waals surface area contributed by atoms with Gasteiger partial charge in [0.15, 0.2) is 9.84 Å². The standard InChI is InChI=1S/C12H10ClNO5S/c1-6-8(5-14-19-6)10-9(20(2,17)18)4-3-7(11(10)13)12(15)16/h3-5H,1-2H3,(H,15,16). The van der Waals surface area contributed by atoms with Crippen LogP contribution < -0.4 is 0 Å². The van der Waals surface area contributed by atoms with Gasteiger partial charge in [-0.25, -0.2) is 13.2 Å². The Labute approximate surface area is 119 Å². The molecule has 0 saturated heterocycles. The number of benzene rings is 1. The predicted octanol–water partition coefficient (Wildman–Crippen LogP) is 2.41. The van der Waals surface area contributed by atoms with Crippen molar-refractivity contribution in [2.75, 3.05) is 6.26 Å². The van der Waals surface area contributed by atoms with Gasteiger partial charge in [0.2, 0.25) is 0 Å². The van der Waals surface area contributed by atoms with Crippen molar-refractivity contribution in [3.05, 3.63) is 34.7 Å². The first-order valence-corrected chi connectivity index (χ1v) is 7.68. The molecule has 1 N–H and O–H groups in total. The molecule has 0 atom stereocenters. The highest BCUT2D eigenvalue weighted by Gasteiger charge is 2.24. The molecule has 0 spiro atoms. The number of carbonyl (C=O) groups is 1. The highest BCUT2D eigenvalue weighted by atomic mass is 35.5. The lowest BCUT2D eigenvalue weighted by atomic mass is 10.0. The molecular weight excluding hydrogens is 306 g/mol. The number of sulfone groups is 1. The zero-order chi connectivity index (χ0) is 15.1. The molecule has 0 aliphatic carbocycles. The molecule has 20 heavy (non-hydrogen) atoms. The molecule has 6 nitrogen and oxygen atoms in total. The zero-order valence-corrected chi connectivity index (χ0v) is 12.1. The molecule has 0 aliphatic heterocycles. The number of hydrogen-bond acceptors (Lipinski definition) is 5. The molecular formula is C12H10ClNO5S. The third kappa shape index (κ3) is 2.41. The number of carboxylic acid groups (broad SMARTS) is 1. The Kier molecular flexibility index (Phi) is 3.58. The van der Waals surface area contributed by atoms with E-state index in [1.807, 2.05) is 0 Å². The van der Waals surface area contributed by atoms with Crippen LogP contribution in [-0.2, 0) is 9.84 Å². The first-order chi connectivity index (χ1) is 9.23. The lowest BCUT2D eigenvalue weighted by Gasteiger charge is -2.11. The summed E-state index contributed by atoms with van der Waals surface area (Å²) in [5.41, 5.74) is 0.251. The van der Waals surface area contributed by atoms with Gasteiger partial charge in [-0.1, -0.05) is 16.8 Å². The van der Waals surface area contributed by atoms with Crippen molar-refractivity contribution >= 4 is 27.4 Å². The van der Waals surface area contributed by atoms with Crippen LogP contribution in [0.1, 0.15) is 16.1 Å². The lowest BCUT2D eigenvalue weighted by Crippen LogP contribution is -2.05. The van der Waals surface area contributed by atoms with Gasteiger partial charge in [0.1, 0.15) is 5.76 Å². The molecule has 1 heterocycles. The SMILES string of the molecule is Cc1oncc1-c1c(S(C)(=O)=O)ccc(C(=O)O)c1Cl. The van der Waals surface area contributed by atoms with Crippen LogP contribution in [0.25, 0.3) is 11.1 Å². The predicted molar refractivity (Wildman–Crippen MR) is 71.8 cm³/mol. The van der Waals surface area contributed by atoms with Crippen molar-refractivity contribution in [1.82, 2.24) is 5.16 Å². The van der Waals surface area contributed by atoms with Crippen LogP contribution >= 0.6 is 11.6 Å². The maximum Gasteiger partial charge on any atom is 0.337 e. The Bertz CT molecular complexity index is 794. The van der Waals surface area contributed by atoms with E-state index < -0.39 is 15.8 Å². The smallest absolute Gasteiger partial charge is 0.337 e. The second-order valence-corrected chi connectivity index (χ2v) is 6.54. The number of carboxylic acids is 1. The molecule has 0 fully saturated rings. The Hall–Kier alpha value is -1.86. The summed E-state index contributed by atoms with van der Waals surface area (Å²) in [6.07, 6.45) is 2.32. The van der Waals surface area contributed by atoms with Crippen molar-refractivity contribution in [2.24, 2.45) is 0 Å². The number of aryl methyl sites for hydroxylation is 1. The molecule has 1 aromatic heterocycles. The van der Waals surface area contributed by atoms with Gasteiger partial charge in [0, 0.05) is 17.4 Å². The summed E-state index contributed by atoms with van der Waals surface area (Å²) in [5.74, 6) is -0.898. The van der Waals surface area contributed by atoms with E-state index in [1.165, 1.54) is 12.3 Å². The molecule has 2 aromatic rings. The fraction of sp³-hybridized carbons (Fsp3) is 0.167. The molecule has 106 valence electrons. The van der Waals surface area contributed by atoms with Gasteiger partial charge in [0.05, 0.1) is 21.7 Å². The van der Waals surface area contributed by atoms with Crippen molar-refractivity contribution in [1.29, 1.82) is 0 Å². The zero-order valence-electron chi connectivity index (χ0n) is 10.5. The monoisotopic (exact) mass is 315 g/mol. The fourth-order valence-electron chi connectivity index (χ4n) is 1.82. The minimum Gasteiger partial charge on any atom is -0.478 e. The summed E-state index contributed by atoms with van der Waals surface area (Å²) in [7, 11) is -3.59. The highest BCUT2D eigenvalue weighted by Crippen LogP contribution is 2.38. The number of rotatable bonds is 3. The normalized spacial score (nSPS) is 11.6. The number of halogens is 1. The van der Waals surface area contributed by atoms with E-state index in [-0.39, 0.29) is 21.0 Å². The molecule has 0 unspecified atom stereocenters. The Morgan fingerprint density at radius 1 is 1.40 bits per heavy atom. The summed E-state index contributed by atoms with van der Waals surface area (Å²) in [4.78, 5) is 11.0. The quantitative estimate of drug-likeness (QED) is 0.934. The number of nitrogens with zero attached hydrogens (tertiary/aromatic N) is 1. The summed E-state index contributed by atoms with van der Waals surface area (Å²) in [6.45, 7) is 1.58. The third-order valence-electron chi connectivity index (χ3n) is 2.75. The average Bonchev–Trinajstić information content (AvgIpc) is 2.73. The molecule has 1 aromatic carbocycles. The average molecular weight is 316 g/mol. The van der Waals surface area contributed by atoms with Crippen LogP contribution in [0.2, 0.25) is 5.02 Å². The van der Waals surface area contributed by atoms with E-state index in [1.54, 1.807) is 6.92 Å². The summed E-state index contributed by atoms with van der Waals surface area (Å²) < 4.78 is 28.6. The van der Waals surface area contributed by atoms with Crippen LogP contribution in [0.15, 0.2) is 27.7 Å². The number of aromatic carboxylic acids is 1. The third-order valence-corrected chi connectivity index (χ3v) is 4.29. The van der Waals surface area contributed by atoms with E-state index in [2.05, 4.69) is 5.16 Å². The molecule has 2 rings (SSSR count). The minimum absolute atomic E-state index is 0.0706. The van der Waals surface area contributed by atoms with Crippen LogP contribution in [0.3, 0.4) is 0 Å². The van der Waals surface area contributed by atoms with Crippen LogP contribution in [0, 0.1) is 6.92 Å². The first kappa shape index (κ1) is 14.5. The van der Waals surface area contributed by atoms with E-state index in [9.17, 15) is 13.2 Å². The highest BCUT2D eigenvalue weighted by molar-refractivity contribution is 7.90. The summed E-state index contributed by atoms with van der Waals surface area (Å²) in [6, 6.07) is 2.37. The van der Waals surface area contributed by atoms with E-state index in [4.69, 9.17) is 21.2 Å². The molecule has 0 aliphatic rings. The summed E-state index contributed by atoms with van der Waals surface area (Å²) in [5, 5.41) is 12.5. The molecule has 8 heteroatoms. The summed E-state index contributed by atoms with van der Waals surface area (Å²) >= 11 is 6.06. The van der Waals surface area contributed by atoms with Crippen molar-refractivity contribution in [3.63, 3.8) is 0 Å². The number of aromatic nitrogens is 1. The van der Waals surface area contributed by atoms with Crippen molar-refractivity contribution in [2.45, 2.75) is 11.8 Å². The molecule has 0 bridgehead atoms. The molecule has 0 saturated carbocycles. The van der Waals surface area contributed by atoms with Gasteiger partial charge < -0.3 is 9.63 Å². The van der Waals surface area contributed by atoms with E-state index in [0.717, 1.165) is 12.3 Å². The van der Waals surface area contributed by atoms with Gasteiger partial charge in [0.25, 0.3) is 0 Å². The van der Waals surface area contributed by atoms with Crippen LogP contribution in [0.5, 0.6) is 0 Å². The van der Waals surface area contributed by atoms with Crippen molar-refractivity contribution in [3.8, 4) is 11.1 Å². The van der Waals surface area contributed by atoms with Gasteiger partial charge in [-0.2, -0.15) is 0 Å². The minimum atomic E-state index is -3.59. The number of hydrogen-bond donors (Lipinski definition) is 1. The van der Waals surface area contributed by atoms with Gasteiger partial charge in [-0.3, -0.25) is 0 Å². The van der Waals surface area contributed by atoms with Gasteiger partial charge in [-0.05, 0) is 19.1 Å². The topological polar surface area (TPSA) is 97.5 Å². The van der Waals surface area contributed by atoms with Crippen LogP contribution in [0.4, 0.5) is 0 Å². The second kappa shape index (κ2) is 4.92. The van der Waals surface area contributed by atoms with Gasteiger partial charge in [-0.15, -0.1) is 0 Å². The van der Waals surface area contributed by atoms with Crippen molar-refractivity contribution < 1.29 is 22.8 Å². The maximum absolute atomic E-state index is 11.8. The second-order valence-electron chi connectivity index (χ2n) is 4.17. The molecule has 0 amide bonds. The van der Waals surface area contributed by atoms with Crippen LogP contribution in [-0.4, -0.2) is 30.9 Å². The first-order valence-electron chi connectivity index (χ1n) is 5.41. The van der Waals surface area contributed by atoms with E-state index >= 15 is 0 Å². The Balaban J connectivity index is 2.91. The Morgan fingerprint density at radius 3 is 2.50 bits per heavy atom.